The van der Waals surface area contributed by atoms with Crippen molar-refractivity contribution in [3.05, 3.63) is 29.8 Å². The molecule has 2 rings (SSSR count). The molecule has 1 fully saturated rings. The number of anilines is 1. The number of benzene rings is 1. The Morgan fingerprint density at radius 2 is 1.24 bits per heavy atom. The maximum Gasteiger partial charge on any atom is 0.308 e. The Bertz CT molecular complexity index is 2040. The van der Waals surface area contributed by atoms with Crippen molar-refractivity contribution in [1.82, 2.24) is 40.0 Å². The van der Waals surface area contributed by atoms with Gasteiger partial charge in [0.15, 0.2) is 0 Å². The van der Waals surface area contributed by atoms with E-state index in [2.05, 4.69) is 16.0 Å². The average Bonchev–Trinajstić information content (AvgIpc) is 3.60. The van der Waals surface area contributed by atoms with Gasteiger partial charge in [0.05, 0.1) is 91.4 Å². The first-order valence-corrected chi connectivity index (χ1v) is 24.5. The van der Waals surface area contributed by atoms with E-state index < -0.39 is 61.1 Å². The summed E-state index contributed by atoms with van der Waals surface area (Å²) in [5, 5.41) is 7.81. The predicted molar refractivity (Wildman–Crippen MR) is 266 cm³/mol. The minimum Gasteiger partial charge on any atom is -0.461 e. The molecular formula is C49H77N9O16. The fourth-order valence-electron chi connectivity index (χ4n) is 6.57. The maximum absolute atomic E-state index is 13.5. The Hall–Kier alpha value is -6.57. The summed E-state index contributed by atoms with van der Waals surface area (Å²) in [4.78, 5) is 145. The zero-order chi connectivity index (χ0) is 55.3. The SMILES string of the molecule is CC(C)C(=O)OCc1ccc(NC(=O)CNC(=O)C(NC(=O)CN(CC(=O)N(C)CCOCCOCCN(C)C(=O)CN(C)C(=O)CN(C)C=O)C(=O)CCOCCOCCN2C(=O)CC(C)C2=O)C(C)C)cc1. The summed E-state index contributed by atoms with van der Waals surface area (Å²) in [7, 11) is 6.00. The van der Waals surface area contributed by atoms with E-state index in [0.717, 1.165) is 9.80 Å². The van der Waals surface area contributed by atoms with Crippen LogP contribution in [0.2, 0.25) is 0 Å². The van der Waals surface area contributed by atoms with E-state index in [1.165, 1.54) is 40.7 Å². The van der Waals surface area contributed by atoms with Gasteiger partial charge in [0.1, 0.15) is 25.7 Å². The van der Waals surface area contributed by atoms with Crippen molar-refractivity contribution in [2.45, 2.75) is 60.1 Å². The first kappa shape index (κ1) is 63.5. The molecule has 0 saturated carbocycles. The molecule has 25 nitrogen and oxygen atoms in total. The van der Waals surface area contributed by atoms with E-state index in [1.54, 1.807) is 65.9 Å². The zero-order valence-electron chi connectivity index (χ0n) is 44.3. The number of likely N-dealkylation sites (N-methyl/N-ethyl adjacent to an activating group) is 4. The third-order valence-electron chi connectivity index (χ3n) is 11.3. The van der Waals surface area contributed by atoms with Crippen LogP contribution < -0.4 is 16.0 Å². The lowest BCUT2D eigenvalue weighted by molar-refractivity contribution is -0.148. The molecule has 2 unspecified atom stereocenters. The molecule has 1 aromatic rings. The Kier molecular flexibility index (Phi) is 29.2. The summed E-state index contributed by atoms with van der Waals surface area (Å²) < 4.78 is 27.4. The number of rotatable bonds is 36. The quantitative estimate of drug-likeness (QED) is 0.0306. The van der Waals surface area contributed by atoms with E-state index in [-0.39, 0.29) is 146 Å². The second-order valence-electron chi connectivity index (χ2n) is 18.4. The summed E-state index contributed by atoms with van der Waals surface area (Å²) in [6.45, 7) is 8.05. The molecule has 1 aliphatic heterocycles. The number of nitrogens with one attached hydrogen (secondary N) is 3. The minimum atomic E-state index is -1.12. The first-order valence-electron chi connectivity index (χ1n) is 24.5. The van der Waals surface area contributed by atoms with Crippen LogP contribution in [0.4, 0.5) is 5.69 Å². The summed E-state index contributed by atoms with van der Waals surface area (Å²) in [5.41, 5.74) is 1.15. The number of hydrogen-bond acceptors (Lipinski definition) is 16. The molecule has 1 heterocycles. The van der Waals surface area contributed by atoms with Gasteiger partial charge >= 0.3 is 5.97 Å². The highest BCUT2D eigenvalue weighted by molar-refractivity contribution is 6.03. The van der Waals surface area contributed by atoms with Crippen LogP contribution in [0.5, 0.6) is 0 Å². The normalized spacial score (nSPS) is 13.6. The lowest BCUT2D eigenvalue weighted by Crippen LogP contribution is -2.54. The van der Waals surface area contributed by atoms with Gasteiger partial charge in [-0.2, -0.15) is 0 Å². The number of amides is 10. The number of nitrogens with zero attached hydrogens (tertiary/aromatic N) is 6. The van der Waals surface area contributed by atoms with Gasteiger partial charge in [-0.25, -0.2) is 0 Å². The molecule has 10 amide bonds. The molecule has 1 saturated heterocycles. The van der Waals surface area contributed by atoms with Gasteiger partial charge in [-0.3, -0.25) is 57.6 Å². The van der Waals surface area contributed by atoms with Crippen LogP contribution in [0.3, 0.4) is 0 Å². The van der Waals surface area contributed by atoms with Gasteiger partial charge in [-0.1, -0.05) is 46.8 Å². The van der Waals surface area contributed by atoms with Crippen molar-refractivity contribution in [3.8, 4) is 0 Å². The van der Waals surface area contributed by atoms with Crippen molar-refractivity contribution >= 4 is 71.2 Å². The number of carbonyl (C=O) groups is 11. The Labute approximate surface area is 433 Å². The van der Waals surface area contributed by atoms with Gasteiger partial charge < -0.3 is 64.1 Å². The molecule has 3 N–H and O–H groups in total. The monoisotopic (exact) mass is 1050 g/mol. The second-order valence-corrected chi connectivity index (χ2v) is 18.4. The van der Waals surface area contributed by atoms with Gasteiger partial charge in [-0.05, 0) is 23.6 Å². The highest BCUT2D eigenvalue weighted by Crippen LogP contribution is 2.18. The van der Waals surface area contributed by atoms with Crippen molar-refractivity contribution < 1.29 is 76.4 Å². The maximum atomic E-state index is 13.5. The molecule has 0 aromatic heterocycles. The number of likely N-dealkylation sites (tertiary alicyclic amines) is 1. The fraction of sp³-hybridized carbons (Fsp3) is 0.653. The Morgan fingerprint density at radius 1 is 0.689 bits per heavy atom. The summed E-state index contributed by atoms with van der Waals surface area (Å²) in [6, 6.07) is 5.49. The fourth-order valence-corrected chi connectivity index (χ4v) is 6.57. The van der Waals surface area contributed by atoms with Crippen LogP contribution in [0.15, 0.2) is 24.3 Å². The standard InChI is InChI=1S/C49H77N9O16/c1-34(2)46(47(67)50-27-39(60)51-38-12-10-37(11-13-38)32-74-49(69)35(3)4)52-40(61)28-57(41(62)14-18-70-22-23-73-21-17-58-42(63)26-36(5)48(58)68)31-45(66)55(8)16-20-72-25-24-71-19-15-54(7)44(65)30-56(9)43(64)29-53(6)33-59/h10-13,33-36,46H,14-32H2,1-9H3,(H,50,67)(H,51,60)(H,52,61). The molecule has 0 spiro atoms. The van der Waals surface area contributed by atoms with Crippen LogP contribution in [0, 0.1) is 17.8 Å². The van der Waals surface area contributed by atoms with Gasteiger partial charge in [0.25, 0.3) is 0 Å². The highest BCUT2D eigenvalue weighted by atomic mass is 16.5. The molecule has 2 atom stereocenters. The largest absolute Gasteiger partial charge is 0.461 e. The predicted octanol–water partition coefficient (Wildman–Crippen LogP) is -1.28. The molecule has 1 aliphatic rings. The lowest BCUT2D eigenvalue weighted by atomic mass is 10.0. The molecule has 0 bridgehead atoms. The smallest absolute Gasteiger partial charge is 0.308 e. The molecule has 1 aromatic carbocycles. The van der Waals surface area contributed by atoms with Crippen molar-refractivity contribution in [2.24, 2.45) is 17.8 Å². The van der Waals surface area contributed by atoms with Crippen LogP contribution in [0.25, 0.3) is 0 Å². The van der Waals surface area contributed by atoms with Gasteiger partial charge in [0.2, 0.25) is 59.6 Å². The number of imide groups is 1. The number of carbonyl (C=O) groups excluding carboxylic acids is 11. The summed E-state index contributed by atoms with van der Waals surface area (Å²) in [6.07, 6.45) is 0.464. The highest BCUT2D eigenvalue weighted by Gasteiger charge is 2.35. The van der Waals surface area contributed by atoms with Crippen LogP contribution in [-0.2, 0) is 83.0 Å². The molecule has 414 valence electrons. The summed E-state index contributed by atoms with van der Waals surface area (Å²) in [5.74, 6) is -5.69. The lowest BCUT2D eigenvalue weighted by Gasteiger charge is -2.27. The number of hydrogen-bond donors (Lipinski definition) is 3. The molecule has 0 aliphatic carbocycles. The molecule has 74 heavy (non-hydrogen) atoms. The zero-order valence-corrected chi connectivity index (χ0v) is 44.3. The second kappa shape index (κ2) is 34.0. The van der Waals surface area contributed by atoms with Crippen LogP contribution in [-0.4, -0.2) is 234 Å². The first-order chi connectivity index (χ1) is 35.0. The van der Waals surface area contributed by atoms with Crippen LogP contribution >= 0.6 is 0 Å². The summed E-state index contributed by atoms with van der Waals surface area (Å²) >= 11 is 0. The molecule has 0 radical (unpaired) electrons. The van der Waals surface area contributed by atoms with Crippen molar-refractivity contribution in [3.63, 3.8) is 0 Å². The molecule has 25 heteroatoms. The molecular weight excluding hydrogens is 971 g/mol. The van der Waals surface area contributed by atoms with Gasteiger partial charge in [0, 0.05) is 59.3 Å². The van der Waals surface area contributed by atoms with E-state index in [4.69, 9.17) is 23.7 Å². The Balaban J connectivity index is 1.91. The topological polar surface area (TPSA) is 289 Å². The third kappa shape index (κ3) is 24.4. The minimum absolute atomic E-state index is 0.0729. The van der Waals surface area contributed by atoms with Gasteiger partial charge in [-0.15, -0.1) is 0 Å². The number of esters is 1. The van der Waals surface area contributed by atoms with E-state index in [9.17, 15) is 52.7 Å². The van der Waals surface area contributed by atoms with Crippen molar-refractivity contribution in [1.29, 1.82) is 0 Å². The van der Waals surface area contributed by atoms with Crippen LogP contribution in [0.1, 0.15) is 53.0 Å². The van der Waals surface area contributed by atoms with E-state index in [0.29, 0.717) is 17.7 Å². The number of ether oxygens (including phenoxy) is 5. The average molecular weight is 1050 g/mol. The van der Waals surface area contributed by atoms with E-state index >= 15 is 0 Å². The third-order valence-corrected chi connectivity index (χ3v) is 11.3. The Morgan fingerprint density at radius 3 is 1.78 bits per heavy atom. The van der Waals surface area contributed by atoms with Crippen molar-refractivity contribution in [2.75, 3.05) is 139 Å². The van der Waals surface area contributed by atoms with E-state index in [1.807, 2.05) is 0 Å².